The van der Waals surface area contributed by atoms with Gasteiger partial charge in [0.25, 0.3) is 0 Å². The molecule has 0 spiro atoms. The predicted octanol–water partition coefficient (Wildman–Crippen LogP) is 3.13. The van der Waals surface area contributed by atoms with E-state index in [1.807, 2.05) is 30.3 Å². The van der Waals surface area contributed by atoms with E-state index in [0.717, 1.165) is 17.1 Å². The number of hydrogen-bond donors (Lipinski definition) is 1. The molecule has 24 heavy (non-hydrogen) atoms. The van der Waals surface area contributed by atoms with E-state index in [9.17, 15) is 4.79 Å². The average Bonchev–Trinajstić information content (AvgIpc) is 2.62. The molecule has 1 N–H and O–H groups in total. The topological polar surface area (TPSA) is 60.0 Å². The van der Waals surface area contributed by atoms with Crippen LogP contribution in [0.25, 0.3) is 0 Å². The highest BCUT2D eigenvalue weighted by atomic mass is 16.6. The summed E-state index contributed by atoms with van der Waals surface area (Å²) in [6.07, 6.45) is 0. The number of urea groups is 1. The van der Waals surface area contributed by atoms with Crippen LogP contribution in [-0.4, -0.2) is 38.3 Å². The average molecular weight is 328 g/mol. The molecule has 0 radical (unpaired) electrons. The SMILES string of the molecule is COc1ccccc1NC(=O)N(C)Cc1ccc2c(c1)OCCO2. The van der Waals surface area contributed by atoms with Crippen molar-refractivity contribution in [2.45, 2.75) is 6.54 Å². The van der Waals surface area contributed by atoms with Crippen LogP contribution in [0.15, 0.2) is 42.5 Å². The first-order chi connectivity index (χ1) is 11.7. The van der Waals surface area contributed by atoms with Crippen molar-refractivity contribution in [3.8, 4) is 17.2 Å². The van der Waals surface area contributed by atoms with Crippen molar-refractivity contribution in [2.24, 2.45) is 0 Å². The van der Waals surface area contributed by atoms with Crippen LogP contribution in [0, 0.1) is 0 Å². The zero-order valence-electron chi connectivity index (χ0n) is 13.7. The summed E-state index contributed by atoms with van der Waals surface area (Å²) < 4.78 is 16.3. The van der Waals surface area contributed by atoms with Gasteiger partial charge in [-0.2, -0.15) is 0 Å². The summed E-state index contributed by atoms with van der Waals surface area (Å²) in [5, 5.41) is 2.85. The number of hydrogen-bond acceptors (Lipinski definition) is 4. The lowest BCUT2D eigenvalue weighted by Gasteiger charge is -2.21. The monoisotopic (exact) mass is 328 g/mol. The van der Waals surface area contributed by atoms with Gasteiger partial charge in [-0.3, -0.25) is 0 Å². The van der Waals surface area contributed by atoms with E-state index in [0.29, 0.717) is 31.2 Å². The van der Waals surface area contributed by atoms with Gasteiger partial charge in [0.1, 0.15) is 19.0 Å². The van der Waals surface area contributed by atoms with E-state index >= 15 is 0 Å². The molecule has 0 fully saturated rings. The summed E-state index contributed by atoms with van der Waals surface area (Å²) in [7, 11) is 3.31. The number of carbonyl (C=O) groups excluding carboxylic acids is 1. The minimum absolute atomic E-state index is 0.214. The van der Waals surface area contributed by atoms with Crippen molar-refractivity contribution in [3.63, 3.8) is 0 Å². The number of para-hydroxylation sites is 2. The van der Waals surface area contributed by atoms with E-state index in [2.05, 4.69) is 5.32 Å². The van der Waals surface area contributed by atoms with Crippen LogP contribution in [0.1, 0.15) is 5.56 Å². The molecule has 0 atom stereocenters. The van der Waals surface area contributed by atoms with Crippen molar-refractivity contribution in [2.75, 3.05) is 32.7 Å². The van der Waals surface area contributed by atoms with E-state index in [4.69, 9.17) is 14.2 Å². The highest BCUT2D eigenvalue weighted by molar-refractivity contribution is 5.90. The predicted molar refractivity (Wildman–Crippen MR) is 90.9 cm³/mol. The lowest BCUT2D eigenvalue weighted by molar-refractivity contribution is 0.171. The van der Waals surface area contributed by atoms with E-state index in [-0.39, 0.29) is 6.03 Å². The van der Waals surface area contributed by atoms with Crippen LogP contribution in [0.3, 0.4) is 0 Å². The first-order valence-electron chi connectivity index (χ1n) is 7.71. The maximum absolute atomic E-state index is 12.4. The summed E-state index contributed by atoms with van der Waals surface area (Å²) in [6.45, 7) is 1.56. The molecule has 2 amide bonds. The maximum atomic E-state index is 12.4. The molecule has 0 saturated carbocycles. The Morgan fingerprint density at radius 1 is 1.17 bits per heavy atom. The molecule has 1 heterocycles. The van der Waals surface area contributed by atoms with Crippen molar-refractivity contribution in [1.82, 2.24) is 4.90 Å². The standard InChI is InChI=1S/C18H20N2O4/c1-20(18(21)19-14-5-3-4-6-15(14)22-2)12-13-7-8-16-17(11-13)24-10-9-23-16/h3-8,11H,9-10,12H2,1-2H3,(H,19,21). The van der Waals surface area contributed by atoms with Crippen LogP contribution in [0.2, 0.25) is 0 Å². The van der Waals surface area contributed by atoms with Crippen molar-refractivity contribution in [3.05, 3.63) is 48.0 Å². The molecule has 0 saturated heterocycles. The molecular formula is C18H20N2O4. The molecule has 1 aliphatic heterocycles. The third-order valence-corrected chi connectivity index (χ3v) is 3.72. The number of ether oxygens (including phenoxy) is 3. The number of benzene rings is 2. The normalized spacial score (nSPS) is 12.4. The smallest absolute Gasteiger partial charge is 0.321 e. The summed E-state index contributed by atoms with van der Waals surface area (Å²) in [5.41, 5.74) is 1.61. The van der Waals surface area contributed by atoms with Crippen molar-refractivity contribution < 1.29 is 19.0 Å². The Kier molecular flexibility index (Phi) is 4.74. The molecule has 1 aliphatic rings. The van der Waals surface area contributed by atoms with Crippen LogP contribution in [-0.2, 0) is 6.54 Å². The third-order valence-electron chi connectivity index (χ3n) is 3.72. The molecule has 0 aromatic heterocycles. The van der Waals surface area contributed by atoms with Gasteiger partial charge in [-0.05, 0) is 29.8 Å². The molecular weight excluding hydrogens is 308 g/mol. The number of fused-ring (bicyclic) bond motifs is 1. The fourth-order valence-electron chi connectivity index (χ4n) is 2.49. The number of amides is 2. The largest absolute Gasteiger partial charge is 0.495 e. The fraction of sp³-hybridized carbons (Fsp3) is 0.278. The number of anilines is 1. The van der Waals surface area contributed by atoms with Gasteiger partial charge in [0.05, 0.1) is 12.8 Å². The first-order valence-corrected chi connectivity index (χ1v) is 7.71. The molecule has 0 aliphatic carbocycles. The van der Waals surface area contributed by atoms with Crippen LogP contribution in [0.5, 0.6) is 17.2 Å². The molecule has 0 unspecified atom stereocenters. The number of carbonyl (C=O) groups is 1. The third kappa shape index (κ3) is 3.53. The lowest BCUT2D eigenvalue weighted by Crippen LogP contribution is -2.31. The Labute approximate surface area is 140 Å². The van der Waals surface area contributed by atoms with Gasteiger partial charge in [0.15, 0.2) is 11.5 Å². The molecule has 0 bridgehead atoms. The van der Waals surface area contributed by atoms with Crippen LogP contribution < -0.4 is 19.5 Å². The number of methoxy groups -OCH3 is 1. The first kappa shape index (κ1) is 16.0. The highest BCUT2D eigenvalue weighted by Gasteiger charge is 2.15. The van der Waals surface area contributed by atoms with Crippen molar-refractivity contribution >= 4 is 11.7 Å². The van der Waals surface area contributed by atoms with Gasteiger partial charge < -0.3 is 24.4 Å². The molecule has 126 valence electrons. The Hall–Kier alpha value is -2.89. The van der Waals surface area contributed by atoms with Gasteiger partial charge >= 0.3 is 6.03 Å². The Balaban J connectivity index is 1.66. The molecule has 6 heteroatoms. The second-order valence-electron chi connectivity index (χ2n) is 5.46. The Bertz CT molecular complexity index is 733. The second-order valence-corrected chi connectivity index (χ2v) is 5.46. The van der Waals surface area contributed by atoms with E-state index < -0.39 is 0 Å². The zero-order valence-corrected chi connectivity index (χ0v) is 13.7. The second kappa shape index (κ2) is 7.12. The fourth-order valence-corrected chi connectivity index (χ4v) is 2.49. The van der Waals surface area contributed by atoms with Crippen LogP contribution >= 0.6 is 0 Å². The van der Waals surface area contributed by atoms with Crippen LogP contribution in [0.4, 0.5) is 10.5 Å². The molecule has 2 aromatic carbocycles. The quantitative estimate of drug-likeness (QED) is 0.937. The Morgan fingerprint density at radius 2 is 1.92 bits per heavy atom. The summed E-state index contributed by atoms with van der Waals surface area (Å²) in [6, 6.07) is 12.8. The summed E-state index contributed by atoms with van der Waals surface area (Å²) >= 11 is 0. The van der Waals surface area contributed by atoms with Gasteiger partial charge in [0.2, 0.25) is 0 Å². The highest BCUT2D eigenvalue weighted by Crippen LogP contribution is 2.31. The zero-order chi connectivity index (χ0) is 16.9. The van der Waals surface area contributed by atoms with Gasteiger partial charge in [-0.25, -0.2) is 4.79 Å². The number of nitrogens with one attached hydrogen (secondary N) is 1. The minimum Gasteiger partial charge on any atom is -0.495 e. The van der Waals surface area contributed by atoms with E-state index in [1.165, 1.54) is 0 Å². The molecule has 2 aromatic rings. The van der Waals surface area contributed by atoms with Gasteiger partial charge in [0, 0.05) is 13.6 Å². The number of rotatable bonds is 4. The molecule has 3 rings (SSSR count). The Morgan fingerprint density at radius 3 is 2.71 bits per heavy atom. The van der Waals surface area contributed by atoms with Crippen molar-refractivity contribution in [1.29, 1.82) is 0 Å². The molecule has 6 nitrogen and oxygen atoms in total. The maximum Gasteiger partial charge on any atom is 0.321 e. The minimum atomic E-state index is -0.214. The van der Waals surface area contributed by atoms with E-state index in [1.54, 1.807) is 31.2 Å². The van der Waals surface area contributed by atoms with Gasteiger partial charge in [-0.15, -0.1) is 0 Å². The van der Waals surface area contributed by atoms with Gasteiger partial charge in [-0.1, -0.05) is 18.2 Å². The lowest BCUT2D eigenvalue weighted by atomic mass is 10.2. The number of nitrogens with zero attached hydrogens (tertiary/aromatic N) is 1. The summed E-state index contributed by atoms with van der Waals surface area (Å²) in [4.78, 5) is 14.0. The summed E-state index contributed by atoms with van der Waals surface area (Å²) in [5.74, 6) is 2.09.